The summed E-state index contributed by atoms with van der Waals surface area (Å²) in [7, 11) is 0. The number of ether oxygens (including phenoxy) is 1. The van der Waals surface area contributed by atoms with E-state index in [-0.39, 0.29) is 0 Å². The summed E-state index contributed by atoms with van der Waals surface area (Å²) in [4.78, 5) is 20.6. The molecule has 0 saturated carbocycles. The van der Waals surface area contributed by atoms with Gasteiger partial charge < -0.3 is 9.53 Å². The van der Waals surface area contributed by atoms with Gasteiger partial charge >= 0.3 is 0 Å². The van der Waals surface area contributed by atoms with Crippen LogP contribution in [-0.2, 0) is 16.1 Å². The van der Waals surface area contributed by atoms with Gasteiger partial charge in [-0.05, 0) is 18.4 Å². The highest BCUT2D eigenvalue weighted by Gasteiger charge is 1.95. The van der Waals surface area contributed by atoms with E-state index >= 15 is 0 Å². The quantitative estimate of drug-likeness (QED) is 0.429. The Morgan fingerprint density at radius 1 is 0.850 bits per heavy atom. The molecule has 3 nitrogen and oxygen atoms in total. The molecule has 0 aliphatic carbocycles. The maximum absolute atomic E-state index is 10.5. The Labute approximate surface area is 121 Å². The number of carbonyl (C=O) groups excluding carboxylic acids is 2. The second kappa shape index (κ2) is 11.4. The number of unbranched alkanes of at least 4 members (excludes halogenated alkanes) is 6. The van der Waals surface area contributed by atoms with Crippen LogP contribution >= 0.6 is 0 Å². The van der Waals surface area contributed by atoms with Crippen LogP contribution in [0.25, 0.3) is 0 Å². The molecule has 110 valence electrons. The van der Waals surface area contributed by atoms with Gasteiger partial charge in [-0.25, -0.2) is 0 Å². The van der Waals surface area contributed by atoms with Crippen molar-refractivity contribution in [1.29, 1.82) is 0 Å². The van der Waals surface area contributed by atoms with Crippen molar-refractivity contribution in [1.82, 2.24) is 0 Å². The van der Waals surface area contributed by atoms with Gasteiger partial charge in [0.2, 0.25) is 0 Å². The molecule has 1 aromatic carbocycles. The number of aldehydes is 2. The first-order valence-corrected chi connectivity index (χ1v) is 7.42. The van der Waals surface area contributed by atoms with Crippen LogP contribution in [0.4, 0.5) is 0 Å². The summed E-state index contributed by atoms with van der Waals surface area (Å²) >= 11 is 0. The van der Waals surface area contributed by atoms with Crippen molar-refractivity contribution in [3.05, 3.63) is 35.4 Å². The molecule has 0 amide bonds. The van der Waals surface area contributed by atoms with E-state index in [4.69, 9.17) is 4.74 Å². The molecule has 0 fully saturated rings. The molecule has 0 radical (unpaired) electrons. The fourth-order valence-electron chi connectivity index (χ4n) is 2.02. The maximum Gasteiger partial charge on any atom is 0.150 e. The number of carbonyl (C=O) groups is 2. The van der Waals surface area contributed by atoms with E-state index in [0.717, 1.165) is 44.0 Å². The van der Waals surface area contributed by atoms with Gasteiger partial charge in [0.25, 0.3) is 0 Å². The van der Waals surface area contributed by atoms with Crippen LogP contribution in [0.5, 0.6) is 0 Å². The third kappa shape index (κ3) is 7.85. The summed E-state index contributed by atoms with van der Waals surface area (Å²) < 4.78 is 5.60. The van der Waals surface area contributed by atoms with Crippen LogP contribution in [-0.4, -0.2) is 19.2 Å². The van der Waals surface area contributed by atoms with Crippen molar-refractivity contribution >= 4 is 12.6 Å². The first-order valence-electron chi connectivity index (χ1n) is 7.42. The van der Waals surface area contributed by atoms with Crippen molar-refractivity contribution in [3.63, 3.8) is 0 Å². The minimum Gasteiger partial charge on any atom is -0.377 e. The van der Waals surface area contributed by atoms with E-state index in [1.54, 1.807) is 0 Å². The van der Waals surface area contributed by atoms with E-state index in [1.165, 1.54) is 19.3 Å². The summed E-state index contributed by atoms with van der Waals surface area (Å²) in [6.45, 7) is 1.39. The van der Waals surface area contributed by atoms with Gasteiger partial charge in [-0.1, -0.05) is 49.9 Å². The second-order valence-electron chi connectivity index (χ2n) is 4.99. The molecule has 0 bridgehead atoms. The topological polar surface area (TPSA) is 43.4 Å². The second-order valence-corrected chi connectivity index (χ2v) is 4.99. The molecule has 0 N–H and O–H groups in total. The van der Waals surface area contributed by atoms with Gasteiger partial charge in [-0.2, -0.15) is 0 Å². The first-order chi connectivity index (χ1) is 9.86. The Morgan fingerprint density at radius 2 is 1.50 bits per heavy atom. The fraction of sp³-hybridized carbons (Fsp3) is 0.529. The molecule has 0 aromatic heterocycles. The van der Waals surface area contributed by atoms with Crippen LogP contribution in [0.2, 0.25) is 0 Å². The number of hydrogen-bond donors (Lipinski definition) is 0. The highest BCUT2D eigenvalue weighted by Crippen LogP contribution is 2.08. The normalized spacial score (nSPS) is 10.4. The fourth-order valence-corrected chi connectivity index (χ4v) is 2.02. The van der Waals surface area contributed by atoms with Crippen LogP contribution < -0.4 is 0 Å². The molecule has 1 rings (SSSR count). The Kier molecular flexibility index (Phi) is 9.41. The van der Waals surface area contributed by atoms with Crippen molar-refractivity contribution in [3.8, 4) is 0 Å². The zero-order valence-electron chi connectivity index (χ0n) is 12.1. The van der Waals surface area contributed by atoms with E-state index < -0.39 is 0 Å². The van der Waals surface area contributed by atoms with Crippen LogP contribution in [0.15, 0.2) is 24.3 Å². The smallest absolute Gasteiger partial charge is 0.150 e. The highest BCUT2D eigenvalue weighted by atomic mass is 16.5. The first kappa shape index (κ1) is 16.6. The predicted octanol–water partition coefficient (Wildman–Crippen LogP) is 3.95. The number of rotatable bonds is 12. The molecule has 0 saturated heterocycles. The van der Waals surface area contributed by atoms with E-state index in [2.05, 4.69) is 0 Å². The zero-order chi connectivity index (χ0) is 14.5. The van der Waals surface area contributed by atoms with Gasteiger partial charge in [0.15, 0.2) is 0 Å². The molecule has 0 unspecified atom stereocenters. The Hall–Kier alpha value is -1.48. The molecule has 1 aromatic rings. The lowest BCUT2D eigenvalue weighted by Crippen LogP contribution is -1.96. The third-order valence-electron chi connectivity index (χ3n) is 3.25. The van der Waals surface area contributed by atoms with Crippen LogP contribution in [0.3, 0.4) is 0 Å². The number of benzene rings is 1. The van der Waals surface area contributed by atoms with E-state index in [0.29, 0.717) is 18.6 Å². The lowest BCUT2D eigenvalue weighted by molar-refractivity contribution is -0.107. The van der Waals surface area contributed by atoms with E-state index in [1.807, 2.05) is 24.3 Å². The molecule has 0 spiro atoms. The van der Waals surface area contributed by atoms with Crippen molar-refractivity contribution in [2.75, 3.05) is 6.61 Å². The molecule has 0 atom stereocenters. The Bertz CT molecular complexity index is 370. The molecule has 0 aliphatic rings. The zero-order valence-corrected chi connectivity index (χ0v) is 12.1. The van der Waals surface area contributed by atoms with Gasteiger partial charge in [-0.15, -0.1) is 0 Å². The monoisotopic (exact) mass is 276 g/mol. The predicted molar refractivity (Wildman–Crippen MR) is 79.9 cm³/mol. The lowest BCUT2D eigenvalue weighted by Gasteiger charge is -2.05. The summed E-state index contributed by atoms with van der Waals surface area (Å²) in [5, 5.41) is 0. The molecule has 3 heteroatoms. The van der Waals surface area contributed by atoms with Crippen LogP contribution in [0.1, 0.15) is 60.9 Å². The summed E-state index contributed by atoms with van der Waals surface area (Å²) in [5.74, 6) is 0. The SMILES string of the molecule is O=CCCCCCCCCOCc1ccc(C=O)cc1. The minimum absolute atomic E-state index is 0.610. The molecular formula is C17H24O3. The van der Waals surface area contributed by atoms with Crippen molar-refractivity contribution < 1.29 is 14.3 Å². The molecule has 0 aliphatic heterocycles. The van der Waals surface area contributed by atoms with Crippen molar-refractivity contribution in [2.24, 2.45) is 0 Å². The standard InChI is InChI=1S/C17H24O3/c18-12-6-4-2-1-3-5-7-13-20-15-17-10-8-16(14-19)9-11-17/h8-12,14H,1-7,13,15H2. The average Bonchev–Trinajstić information content (AvgIpc) is 2.50. The molecule has 20 heavy (non-hydrogen) atoms. The largest absolute Gasteiger partial charge is 0.377 e. The van der Waals surface area contributed by atoms with Gasteiger partial charge in [0, 0.05) is 18.6 Å². The highest BCUT2D eigenvalue weighted by molar-refractivity contribution is 5.74. The number of hydrogen-bond acceptors (Lipinski definition) is 3. The van der Waals surface area contributed by atoms with Gasteiger partial charge in [0.05, 0.1) is 6.61 Å². The average molecular weight is 276 g/mol. The van der Waals surface area contributed by atoms with Crippen molar-refractivity contribution in [2.45, 2.75) is 51.6 Å². The van der Waals surface area contributed by atoms with Gasteiger partial charge in [-0.3, -0.25) is 4.79 Å². The third-order valence-corrected chi connectivity index (χ3v) is 3.25. The summed E-state index contributed by atoms with van der Waals surface area (Å²) in [5.41, 5.74) is 1.80. The van der Waals surface area contributed by atoms with Crippen LogP contribution in [0, 0.1) is 0 Å². The summed E-state index contributed by atoms with van der Waals surface area (Å²) in [6.07, 6.45) is 9.42. The minimum atomic E-state index is 0.610. The summed E-state index contributed by atoms with van der Waals surface area (Å²) in [6, 6.07) is 7.48. The molecular weight excluding hydrogens is 252 g/mol. The van der Waals surface area contributed by atoms with E-state index in [9.17, 15) is 9.59 Å². The lowest BCUT2D eigenvalue weighted by atomic mass is 10.1. The molecule has 0 heterocycles. The maximum atomic E-state index is 10.5. The Morgan fingerprint density at radius 3 is 2.15 bits per heavy atom. The van der Waals surface area contributed by atoms with Gasteiger partial charge in [0.1, 0.15) is 12.6 Å². The Balaban J connectivity index is 1.93.